The Bertz CT molecular complexity index is 499. The summed E-state index contributed by atoms with van der Waals surface area (Å²) in [7, 11) is 0. The molecule has 88 valence electrons. The van der Waals surface area contributed by atoms with Crippen LogP contribution in [-0.2, 0) is 0 Å². The monoisotopic (exact) mass is 248 g/mol. The van der Waals surface area contributed by atoms with Crippen LogP contribution in [0.25, 0.3) is 11.1 Å². The Morgan fingerprint density at radius 2 is 1.94 bits per heavy atom. The van der Waals surface area contributed by atoms with Gasteiger partial charge in [-0.15, -0.1) is 0 Å². The molecule has 0 amide bonds. The summed E-state index contributed by atoms with van der Waals surface area (Å²) in [6.07, 6.45) is 1.65. The fraction of sp³-hybridized carbons (Fsp3) is 0.154. The molecule has 0 saturated heterocycles. The van der Waals surface area contributed by atoms with Crippen LogP contribution >= 0.6 is 11.6 Å². The van der Waals surface area contributed by atoms with Crippen LogP contribution < -0.4 is 5.73 Å². The molecule has 1 heterocycles. The first-order valence-electron chi connectivity index (χ1n) is 5.29. The summed E-state index contributed by atoms with van der Waals surface area (Å²) in [5, 5.41) is 9.44. The zero-order valence-corrected chi connectivity index (χ0v) is 9.93. The predicted molar refractivity (Wildman–Crippen MR) is 68.7 cm³/mol. The van der Waals surface area contributed by atoms with Crippen molar-refractivity contribution in [3.8, 4) is 11.1 Å². The normalized spacial score (nSPS) is 12.4. The van der Waals surface area contributed by atoms with Gasteiger partial charge in [-0.1, -0.05) is 35.9 Å². The fourth-order valence-corrected chi connectivity index (χ4v) is 1.85. The molecule has 1 aromatic carbocycles. The maximum atomic E-state index is 8.96. The number of nitrogens with two attached hydrogens (primary N) is 1. The van der Waals surface area contributed by atoms with Gasteiger partial charge in [0.25, 0.3) is 0 Å². The number of halogens is 1. The van der Waals surface area contributed by atoms with Crippen LogP contribution in [0.5, 0.6) is 0 Å². The van der Waals surface area contributed by atoms with Gasteiger partial charge in [-0.3, -0.25) is 0 Å². The van der Waals surface area contributed by atoms with Gasteiger partial charge in [-0.05, 0) is 23.3 Å². The van der Waals surface area contributed by atoms with Crippen LogP contribution in [0.1, 0.15) is 11.6 Å². The number of nitrogens with zero attached hydrogens (tertiary/aromatic N) is 1. The number of aromatic nitrogens is 1. The first kappa shape index (κ1) is 12.0. The third-order valence-corrected chi connectivity index (χ3v) is 2.91. The third kappa shape index (κ3) is 2.64. The summed E-state index contributed by atoms with van der Waals surface area (Å²) >= 11 is 6.01. The first-order valence-corrected chi connectivity index (χ1v) is 5.67. The molecule has 4 heteroatoms. The summed E-state index contributed by atoms with van der Waals surface area (Å²) in [6, 6.07) is 11.0. The SMILES string of the molecule is N[C@@H](CO)c1ccc(-c2cccnc2Cl)cc1. The highest BCUT2D eigenvalue weighted by molar-refractivity contribution is 6.32. The van der Waals surface area contributed by atoms with Crippen molar-refractivity contribution in [2.75, 3.05) is 6.61 Å². The van der Waals surface area contributed by atoms with Crippen LogP contribution in [0, 0.1) is 0 Å². The number of hydrogen-bond donors (Lipinski definition) is 2. The second kappa shape index (κ2) is 5.27. The molecule has 0 spiro atoms. The molecule has 0 saturated carbocycles. The number of rotatable bonds is 3. The summed E-state index contributed by atoms with van der Waals surface area (Å²) < 4.78 is 0. The quantitative estimate of drug-likeness (QED) is 0.820. The third-order valence-electron chi connectivity index (χ3n) is 2.61. The van der Waals surface area contributed by atoms with Gasteiger partial charge in [0.15, 0.2) is 0 Å². The Labute approximate surface area is 105 Å². The average Bonchev–Trinajstić information content (AvgIpc) is 2.39. The molecule has 0 unspecified atom stereocenters. The second-order valence-corrected chi connectivity index (χ2v) is 4.11. The summed E-state index contributed by atoms with van der Waals surface area (Å²) in [5.41, 5.74) is 8.49. The molecule has 2 aromatic rings. The highest BCUT2D eigenvalue weighted by Gasteiger charge is 2.06. The van der Waals surface area contributed by atoms with Crippen LogP contribution in [0.3, 0.4) is 0 Å². The number of aliphatic hydroxyl groups excluding tert-OH is 1. The molecule has 17 heavy (non-hydrogen) atoms. The van der Waals surface area contributed by atoms with Gasteiger partial charge in [-0.25, -0.2) is 4.98 Å². The van der Waals surface area contributed by atoms with Crippen molar-refractivity contribution in [1.82, 2.24) is 4.98 Å². The highest BCUT2D eigenvalue weighted by Crippen LogP contribution is 2.26. The molecule has 1 aromatic heterocycles. The van der Waals surface area contributed by atoms with Crippen LogP contribution in [0.15, 0.2) is 42.6 Å². The van der Waals surface area contributed by atoms with E-state index in [2.05, 4.69) is 4.98 Å². The van der Waals surface area contributed by atoms with E-state index in [9.17, 15) is 0 Å². The van der Waals surface area contributed by atoms with Crippen molar-refractivity contribution in [3.05, 3.63) is 53.3 Å². The van der Waals surface area contributed by atoms with Crippen LogP contribution in [-0.4, -0.2) is 16.7 Å². The Hall–Kier alpha value is -1.42. The molecule has 3 nitrogen and oxygen atoms in total. The minimum atomic E-state index is -0.339. The van der Waals surface area contributed by atoms with Crippen molar-refractivity contribution in [3.63, 3.8) is 0 Å². The first-order chi connectivity index (χ1) is 8.22. The lowest BCUT2D eigenvalue weighted by Crippen LogP contribution is -2.14. The van der Waals surface area contributed by atoms with E-state index in [0.29, 0.717) is 5.15 Å². The van der Waals surface area contributed by atoms with E-state index in [-0.39, 0.29) is 12.6 Å². The van der Waals surface area contributed by atoms with Gasteiger partial charge in [0.2, 0.25) is 0 Å². The van der Waals surface area contributed by atoms with E-state index in [0.717, 1.165) is 16.7 Å². The molecule has 2 rings (SSSR count). The van der Waals surface area contributed by atoms with Gasteiger partial charge in [0.1, 0.15) is 5.15 Å². The largest absolute Gasteiger partial charge is 0.394 e. The highest BCUT2D eigenvalue weighted by atomic mass is 35.5. The second-order valence-electron chi connectivity index (χ2n) is 3.75. The van der Waals surface area contributed by atoms with Crippen LogP contribution in [0.4, 0.5) is 0 Å². The van der Waals surface area contributed by atoms with E-state index >= 15 is 0 Å². The zero-order valence-electron chi connectivity index (χ0n) is 9.18. The fourth-order valence-electron chi connectivity index (χ4n) is 1.62. The number of pyridine rings is 1. The number of hydrogen-bond acceptors (Lipinski definition) is 3. The summed E-state index contributed by atoms with van der Waals surface area (Å²) in [6.45, 7) is -0.0625. The van der Waals surface area contributed by atoms with Gasteiger partial charge in [0, 0.05) is 11.8 Å². The molecule has 0 fully saturated rings. The Kier molecular flexibility index (Phi) is 3.74. The minimum Gasteiger partial charge on any atom is -0.394 e. The van der Waals surface area contributed by atoms with Crippen molar-refractivity contribution in [1.29, 1.82) is 0 Å². The van der Waals surface area contributed by atoms with Crippen molar-refractivity contribution >= 4 is 11.6 Å². The lowest BCUT2D eigenvalue weighted by atomic mass is 10.0. The molecular formula is C13H13ClN2O. The van der Waals surface area contributed by atoms with E-state index in [1.165, 1.54) is 0 Å². The maximum Gasteiger partial charge on any atom is 0.136 e. The van der Waals surface area contributed by atoms with Gasteiger partial charge in [0.05, 0.1) is 12.6 Å². The topological polar surface area (TPSA) is 59.1 Å². The Balaban J connectivity index is 2.33. The summed E-state index contributed by atoms with van der Waals surface area (Å²) in [4.78, 5) is 4.03. The number of aliphatic hydroxyl groups is 1. The Morgan fingerprint density at radius 3 is 2.53 bits per heavy atom. The number of benzene rings is 1. The lowest BCUT2D eigenvalue weighted by molar-refractivity contribution is 0.268. The minimum absolute atomic E-state index is 0.0625. The molecule has 0 bridgehead atoms. The van der Waals surface area contributed by atoms with Crippen molar-refractivity contribution in [2.24, 2.45) is 5.73 Å². The average molecular weight is 249 g/mol. The van der Waals surface area contributed by atoms with Crippen molar-refractivity contribution < 1.29 is 5.11 Å². The zero-order chi connectivity index (χ0) is 12.3. The predicted octanol–water partition coefficient (Wildman–Crippen LogP) is 2.39. The standard InChI is InChI=1S/C13H13ClN2O/c14-13-11(2-1-7-16-13)9-3-5-10(6-4-9)12(15)8-17/h1-7,12,17H,8,15H2/t12-/m0/s1. The summed E-state index contributed by atoms with van der Waals surface area (Å²) in [5.74, 6) is 0. The van der Waals surface area contributed by atoms with E-state index in [1.54, 1.807) is 6.20 Å². The molecular weight excluding hydrogens is 236 g/mol. The Morgan fingerprint density at radius 1 is 1.24 bits per heavy atom. The maximum absolute atomic E-state index is 8.96. The van der Waals surface area contributed by atoms with Gasteiger partial charge >= 0.3 is 0 Å². The molecule has 3 N–H and O–H groups in total. The van der Waals surface area contributed by atoms with E-state index in [4.69, 9.17) is 22.4 Å². The lowest BCUT2D eigenvalue weighted by Gasteiger charge is -2.09. The molecule has 0 aliphatic rings. The van der Waals surface area contributed by atoms with E-state index in [1.807, 2.05) is 36.4 Å². The van der Waals surface area contributed by atoms with Crippen LogP contribution in [0.2, 0.25) is 5.15 Å². The molecule has 0 aliphatic carbocycles. The van der Waals surface area contributed by atoms with E-state index < -0.39 is 0 Å². The van der Waals surface area contributed by atoms with Gasteiger partial charge in [-0.2, -0.15) is 0 Å². The van der Waals surface area contributed by atoms with Gasteiger partial charge < -0.3 is 10.8 Å². The molecule has 0 aliphatic heterocycles. The smallest absolute Gasteiger partial charge is 0.136 e. The molecule has 0 radical (unpaired) electrons. The van der Waals surface area contributed by atoms with Crippen molar-refractivity contribution in [2.45, 2.75) is 6.04 Å². The molecule has 1 atom stereocenters.